The molecule has 1 rings (SSSR count). The second-order valence-corrected chi connectivity index (χ2v) is 22.1. The van der Waals surface area contributed by atoms with Crippen molar-refractivity contribution in [3.05, 3.63) is 12.2 Å². The standard InChI is InChI=1S/C61H119NO10/c1-3-5-7-9-11-13-15-17-19-21-22-23-24-25-26-27-28-29-30-31-33-35-37-39-41-43-45-47-49-54(65)60(70)62-52(51-71-61-59(69)58(68)57(67)55(50-63)72-61)56(66)53(64)48-46-44-42-40-38-36-34-32-20-18-16-14-12-10-8-6-4-2/h40,42,52-59,61,63-69H,3-39,41,43-51H2,1-2H3,(H,62,70)/b42-40+. The van der Waals surface area contributed by atoms with E-state index in [1.807, 2.05) is 0 Å². The summed E-state index contributed by atoms with van der Waals surface area (Å²) in [5.41, 5.74) is 0. The van der Waals surface area contributed by atoms with Crippen molar-refractivity contribution >= 4 is 5.91 Å². The highest BCUT2D eigenvalue weighted by molar-refractivity contribution is 5.80. The fourth-order valence-electron chi connectivity index (χ4n) is 10.3. The highest BCUT2D eigenvalue weighted by Crippen LogP contribution is 2.24. The minimum absolute atomic E-state index is 0.260. The van der Waals surface area contributed by atoms with E-state index in [1.54, 1.807) is 0 Å². The van der Waals surface area contributed by atoms with E-state index < -0.39 is 74.2 Å². The molecule has 9 atom stereocenters. The van der Waals surface area contributed by atoms with Crippen LogP contribution in [0.15, 0.2) is 12.2 Å². The molecule has 1 aliphatic rings. The van der Waals surface area contributed by atoms with Gasteiger partial charge in [-0.05, 0) is 38.5 Å². The Morgan fingerprint density at radius 3 is 1.19 bits per heavy atom. The number of hydrogen-bond donors (Lipinski definition) is 8. The van der Waals surface area contributed by atoms with Crippen LogP contribution in [0.1, 0.15) is 303 Å². The third kappa shape index (κ3) is 38.4. The lowest BCUT2D eigenvalue weighted by Crippen LogP contribution is -2.60. The van der Waals surface area contributed by atoms with Crippen molar-refractivity contribution in [2.75, 3.05) is 13.2 Å². The summed E-state index contributed by atoms with van der Waals surface area (Å²) in [6.45, 7) is 3.48. The van der Waals surface area contributed by atoms with Crippen LogP contribution in [0.4, 0.5) is 0 Å². The quantitative estimate of drug-likeness (QED) is 0.0215. The van der Waals surface area contributed by atoms with Crippen LogP contribution in [0.3, 0.4) is 0 Å². The molecule has 0 aromatic heterocycles. The second-order valence-electron chi connectivity index (χ2n) is 22.1. The average Bonchev–Trinajstić information content (AvgIpc) is 3.38. The van der Waals surface area contributed by atoms with Crippen molar-refractivity contribution in [2.45, 2.75) is 358 Å². The van der Waals surface area contributed by atoms with Crippen LogP contribution < -0.4 is 5.32 Å². The minimum atomic E-state index is -1.67. The van der Waals surface area contributed by atoms with Gasteiger partial charge in [0.05, 0.1) is 25.4 Å². The number of nitrogens with one attached hydrogen (secondary N) is 1. The van der Waals surface area contributed by atoms with Crippen molar-refractivity contribution in [1.82, 2.24) is 5.32 Å². The van der Waals surface area contributed by atoms with Gasteiger partial charge in [0, 0.05) is 0 Å². The van der Waals surface area contributed by atoms with Gasteiger partial charge in [-0.1, -0.05) is 276 Å². The van der Waals surface area contributed by atoms with E-state index in [4.69, 9.17) is 9.47 Å². The number of unbranched alkanes of at least 4 members (excludes halogenated alkanes) is 40. The van der Waals surface area contributed by atoms with Gasteiger partial charge in [-0.3, -0.25) is 4.79 Å². The van der Waals surface area contributed by atoms with Gasteiger partial charge < -0.3 is 50.5 Å². The SMILES string of the molecule is CCCCCCCCCCCCCC/C=C/CCCC(O)C(O)C(COC1OC(CO)C(O)C(O)C1O)NC(=O)C(O)CCCCCCCCCCCCCCCCCCCCCCCCCCCCCC. The van der Waals surface area contributed by atoms with Gasteiger partial charge in [-0.15, -0.1) is 0 Å². The number of ether oxygens (including phenoxy) is 2. The third-order valence-corrected chi connectivity index (χ3v) is 15.3. The largest absolute Gasteiger partial charge is 0.394 e. The normalized spacial score (nSPS) is 20.0. The predicted octanol–water partition coefficient (Wildman–Crippen LogP) is 13.5. The molecule has 11 nitrogen and oxygen atoms in total. The summed E-state index contributed by atoms with van der Waals surface area (Å²) in [6, 6.07) is -1.18. The van der Waals surface area contributed by atoms with Crippen molar-refractivity contribution < 1.29 is 50.0 Å². The number of carbonyl (C=O) groups excluding carboxylic acids is 1. The molecule has 0 bridgehead atoms. The molecule has 9 unspecified atom stereocenters. The first-order valence-corrected chi connectivity index (χ1v) is 31.1. The summed E-state index contributed by atoms with van der Waals surface area (Å²) in [4.78, 5) is 13.2. The fraction of sp³-hybridized carbons (Fsp3) is 0.951. The molecule has 11 heteroatoms. The van der Waals surface area contributed by atoms with Crippen molar-refractivity contribution in [3.63, 3.8) is 0 Å². The molecule has 0 radical (unpaired) electrons. The lowest BCUT2D eigenvalue weighted by molar-refractivity contribution is -0.303. The first-order chi connectivity index (χ1) is 35.2. The Kier molecular flexibility index (Phi) is 48.4. The zero-order valence-electron chi connectivity index (χ0n) is 46.9. The number of aliphatic hydroxyl groups is 7. The minimum Gasteiger partial charge on any atom is -0.394 e. The fourth-order valence-corrected chi connectivity index (χ4v) is 10.3. The monoisotopic (exact) mass is 1030 g/mol. The van der Waals surface area contributed by atoms with Gasteiger partial charge in [0.15, 0.2) is 6.29 Å². The van der Waals surface area contributed by atoms with E-state index >= 15 is 0 Å². The van der Waals surface area contributed by atoms with Gasteiger partial charge in [0.2, 0.25) is 5.91 Å². The molecule has 0 spiro atoms. The lowest BCUT2D eigenvalue weighted by Gasteiger charge is -2.40. The average molecular weight is 1030 g/mol. The number of rotatable bonds is 54. The van der Waals surface area contributed by atoms with E-state index in [9.17, 15) is 40.5 Å². The van der Waals surface area contributed by atoms with E-state index in [0.717, 1.165) is 38.5 Å². The second kappa shape index (κ2) is 50.7. The first kappa shape index (κ1) is 68.9. The molecular weight excluding hydrogens is 907 g/mol. The van der Waals surface area contributed by atoms with E-state index in [-0.39, 0.29) is 12.8 Å². The molecule has 72 heavy (non-hydrogen) atoms. The van der Waals surface area contributed by atoms with Crippen LogP contribution in [0, 0.1) is 0 Å². The Labute approximate surface area is 442 Å². The van der Waals surface area contributed by atoms with Crippen LogP contribution in [0.2, 0.25) is 0 Å². The summed E-state index contributed by atoms with van der Waals surface area (Å²) in [6.07, 6.45) is 48.6. The molecule has 0 aromatic carbocycles. The molecule has 0 aromatic rings. The Bertz CT molecular complexity index is 1180. The Morgan fingerprint density at radius 1 is 0.472 bits per heavy atom. The smallest absolute Gasteiger partial charge is 0.249 e. The number of hydrogen-bond acceptors (Lipinski definition) is 10. The zero-order chi connectivity index (χ0) is 52.5. The summed E-state index contributed by atoms with van der Waals surface area (Å²) in [5, 5.41) is 76.2. The zero-order valence-corrected chi connectivity index (χ0v) is 46.9. The molecule has 1 aliphatic heterocycles. The molecule has 8 N–H and O–H groups in total. The van der Waals surface area contributed by atoms with Gasteiger partial charge >= 0.3 is 0 Å². The van der Waals surface area contributed by atoms with Crippen molar-refractivity contribution in [1.29, 1.82) is 0 Å². The summed E-state index contributed by atoms with van der Waals surface area (Å²) in [5.74, 6) is -0.700. The maximum atomic E-state index is 13.2. The van der Waals surface area contributed by atoms with Gasteiger partial charge in [-0.2, -0.15) is 0 Å². The summed E-state index contributed by atoms with van der Waals surface area (Å²) < 4.78 is 11.1. The Balaban J connectivity index is 2.24. The number of carbonyl (C=O) groups is 1. The van der Waals surface area contributed by atoms with Gasteiger partial charge in [-0.25, -0.2) is 0 Å². The maximum absolute atomic E-state index is 13.2. The molecule has 428 valence electrons. The van der Waals surface area contributed by atoms with E-state index in [1.165, 1.54) is 225 Å². The van der Waals surface area contributed by atoms with Crippen molar-refractivity contribution in [2.24, 2.45) is 0 Å². The topological polar surface area (TPSA) is 189 Å². The van der Waals surface area contributed by atoms with Crippen LogP contribution in [-0.4, -0.2) is 110 Å². The molecule has 1 heterocycles. The van der Waals surface area contributed by atoms with E-state index in [2.05, 4.69) is 31.3 Å². The summed E-state index contributed by atoms with van der Waals surface area (Å²) in [7, 11) is 0. The number of allylic oxidation sites excluding steroid dienone is 2. The molecule has 1 fully saturated rings. The van der Waals surface area contributed by atoms with Gasteiger partial charge in [0.1, 0.15) is 36.6 Å². The van der Waals surface area contributed by atoms with Crippen LogP contribution in [0.5, 0.6) is 0 Å². The molecule has 0 aliphatic carbocycles. The lowest BCUT2D eigenvalue weighted by atomic mass is 9.98. The Morgan fingerprint density at radius 2 is 0.819 bits per heavy atom. The molecule has 0 saturated carbocycles. The molecule has 1 saturated heterocycles. The maximum Gasteiger partial charge on any atom is 0.249 e. The predicted molar refractivity (Wildman–Crippen MR) is 298 cm³/mol. The van der Waals surface area contributed by atoms with Crippen molar-refractivity contribution in [3.8, 4) is 0 Å². The summed E-state index contributed by atoms with van der Waals surface area (Å²) >= 11 is 0. The van der Waals surface area contributed by atoms with Crippen LogP contribution in [-0.2, 0) is 14.3 Å². The first-order valence-electron chi connectivity index (χ1n) is 31.1. The van der Waals surface area contributed by atoms with Crippen LogP contribution in [0.25, 0.3) is 0 Å². The molecule has 1 amide bonds. The van der Waals surface area contributed by atoms with Gasteiger partial charge in [0.25, 0.3) is 0 Å². The van der Waals surface area contributed by atoms with Crippen LogP contribution >= 0.6 is 0 Å². The number of amides is 1. The van der Waals surface area contributed by atoms with E-state index in [0.29, 0.717) is 12.8 Å². The number of aliphatic hydroxyl groups excluding tert-OH is 7. The Hall–Kier alpha value is -1.15. The molecular formula is C61H119NO10. The highest BCUT2D eigenvalue weighted by atomic mass is 16.7. The highest BCUT2D eigenvalue weighted by Gasteiger charge is 2.44. The third-order valence-electron chi connectivity index (χ3n) is 15.3.